The third kappa shape index (κ3) is 22.6. The molecule has 1 unspecified atom stereocenters. The van der Waals surface area contributed by atoms with E-state index in [4.69, 9.17) is 30.5 Å². The van der Waals surface area contributed by atoms with Crippen molar-refractivity contribution in [1.82, 2.24) is 35.6 Å². The number of halogens is 1. The number of hydrogen-bond donors (Lipinski definition) is 3. The van der Waals surface area contributed by atoms with E-state index in [1.165, 1.54) is 62.6 Å². The average molecular weight is 1190 g/mol. The maximum absolute atomic E-state index is 14.4. The van der Waals surface area contributed by atoms with Crippen molar-refractivity contribution in [2.45, 2.75) is 183 Å². The van der Waals surface area contributed by atoms with Crippen molar-refractivity contribution in [3.63, 3.8) is 0 Å². The summed E-state index contributed by atoms with van der Waals surface area (Å²) in [6, 6.07) is 10.9. The first-order chi connectivity index (χ1) is 39.4. The molecular formula is C63H94ClN7O13. The van der Waals surface area contributed by atoms with Gasteiger partial charge in [0.25, 0.3) is 5.91 Å². The number of esters is 2. The zero-order chi connectivity index (χ0) is 63.2. The number of hydrogen-bond acceptors (Lipinski definition) is 13. The molecule has 1 aliphatic heterocycles. The van der Waals surface area contributed by atoms with E-state index in [1.54, 1.807) is 72.1 Å². The Labute approximate surface area is 503 Å². The molecule has 8 atom stereocenters. The van der Waals surface area contributed by atoms with Gasteiger partial charge in [0.2, 0.25) is 23.6 Å². The average Bonchev–Trinajstić information content (AvgIpc) is 3.08. The number of likely N-dealkylation sites (N-methyl/N-ethyl adjacent to an activating group) is 2. The third-order valence-electron chi connectivity index (χ3n) is 15.2. The number of allylic oxidation sites excluding steroid dienone is 1. The number of amides is 7. The predicted molar refractivity (Wildman–Crippen MR) is 322 cm³/mol. The fourth-order valence-electron chi connectivity index (χ4n) is 9.20. The van der Waals surface area contributed by atoms with Gasteiger partial charge in [-0.25, -0.2) is 19.2 Å². The van der Waals surface area contributed by atoms with Crippen molar-refractivity contribution in [2.24, 2.45) is 17.8 Å². The van der Waals surface area contributed by atoms with Crippen LogP contribution in [-0.4, -0.2) is 163 Å². The number of carbonyl (C=O) groups excluding carboxylic acids is 9. The van der Waals surface area contributed by atoms with Gasteiger partial charge in [-0.2, -0.15) is 0 Å². The monoisotopic (exact) mass is 1190 g/mol. The maximum Gasteiger partial charge on any atom is 0.409 e. The van der Waals surface area contributed by atoms with Gasteiger partial charge >= 0.3 is 24.1 Å². The van der Waals surface area contributed by atoms with E-state index in [1.807, 2.05) is 52.0 Å². The Morgan fingerprint density at radius 3 is 1.98 bits per heavy atom. The Kier molecular flexibility index (Phi) is 29.0. The Morgan fingerprint density at radius 1 is 0.821 bits per heavy atom. The number of carbonyl (C=O) groups is 9. The third-order valence-corrected chi connectivity index (χ3v) is 15.4. The topological polar surface area (TPSA) is 240 Å². The van der Waals surface area contributed by atoms with Crippen molar-refractivity contribution < 1.29 is 62.1 Å². The summed E-state index contributed by atoms with van der Waals surface area (Å²) in [4.78, 5) is 131. The molecule has 0 saturated carbocycles. The van der Waals surface area contributed by atoms with Crippen LogP contribution in [0.5, 0.6) is 0 Å². The van der Waals surface area contributed by atoms with E-state index < -0.39 is 114 Å². The largest absolute Gasteiger partial charge is 0.456 e. The van der Waals surface area contributed by atoms with Crippen molar-refractivity contribution in [2.75, 3.05) is 47.8 Å². The van der Waals surface area contributed by atoms with E-state index in [0.717, 1.165) is 28.9 Å². The lowest BCUT2D eigenvalue weighted by Crippen LogP contribution is -2.60. The molecule has 0 radical (unpaired) electrons. The molecule has 466 valence electrons. The van der Waals surface area contributed by atoms with Gasteiger partial charge in [-0.05, 0) is 108 Å². The highest BCUT2D eigenvalue weighted by molar-refractivity contribution is 6.30. The molecular weight excluding hydrogens is 1100 g/mol. The molecule has 21 heteroatoms. The summed E-state index contributed by atoms with van der Waals surface area (Å²) in [6.07, 6.45) is 2.04. The van der Waals surface area contributed by atoms with E-state index in [-0.39, 0.29) is 37.4 Å². The normalized spacial score (nSPS) is 23.3. The van der Waals surface area contributed by atoms with Crippen LogP contribution in [0.2, 0.25) is 5.02 Å². The standard InChI is InChI=1S/C63H94ClN7O13/c1-17-41(6)53-56(74)67-63(11,12)60(78)84-54(42(7)18-2)44(9)50(83-62(80)69(14)34-22-20-19-21-33-68(13)61(79)81-38-47-26-23-40(5)24-27-47)32-25-43(8)59(77)82-51(35-39(3)4)55(73)65-45(10)57(75)71(16)49(36-46-28-30-48(64)31-29-46)58(76)70(15)37-52(72)66-53/h18,23-31,39,41,44-45,49-51,53-54H,17,19-22,32-38H2,1-16H3,(H,65,73)(H,66,72)(H,67,74)/b42-18+,43-25+/t41?,44-,45-,49+,50-,51+,53-,54+/m0/s1. The molecule has 0 spiro atoms. The molecule has 1 aliphatic rings. The molecule has 84 heavy (non-hydrogen) atoms. The van der Waals surface area contributed by atoms with Gasteiger partial charge in [-0.15, -0.1) is 0 Å². The maximum atomic E-state index is 14.4. The summed E-state index contributed by atoms with van der Waals surface area (Å²) in [5.74, 6) is -6.49. The van der Waals surface area contributed by atoms with Crippen LogP contribution in [0.1, 0.15) is 138 Å². The Hall–Kier alpha value is -6.96. The molecule has 3 N–H and O–H groups in total. The predicted octanol–water partition coefficient (Wildman–Crippen LogP) is 8.49. The van der Waals surface area contributed by atoms with Crippen molar-refractivity contribution in [3.05, 3.63) is 93.5 Å². The summed E-state index contributed by atoms with van der Waals surface area (Å²) < 4.78 is 23.8. The van der Waals surface area contributed by atoms with E-state index >= 15 is 0 Å². The number of aryl methyl sites for hydroxylation is 1. The molecule has 2 aromatic carbocycles. The number of unbranched alkanes of at least 4 members (excludes halogenated alkanes) is 3. The number of ether oxygens (including phenoxy) is 4. The first-order valence-electron chi connectivity index (χ1n) is 29.2. The zero-order valence-corrected chi connectivity index (χ0v) is 53.2. The highest BCUT2D eigenvalue weighted by Gasteiger charge is 2.41. The van der Waals surface area contributed by atoms with Crippen LogP contribution in [0, 0.1) is 24.7 Å². The molecule has 2 aromatic rings. The van der Waals surface area contributed by atoms with Gasteiger partial charge in [0.05, 0.1) is 6.54 Å². The van der Waals surface area contributed by atoms with Crippen LogP contribution in [0.25, 0.3) is 0 Å². The molecule has 0 fully saturated rings. The van der Waals surface area contributed by atoms with Crippen LogP contribution in [0.4, 0.5) is 9.59 Å². The second-order valence-corrected chi connectivity index (χ2v) is 23.8. The number of nitrogens with zero attached hydrogens (tertiary/aromatic N) is 4. The Balaban J connectivity index is 1.99. The minimum Gasteiger partial charge on any atom is -0.456 e. The molecule has 0 bridgehead atoms. The van der Waals surface area contributed by atoms with E-state index in [0.29, 0.717) is 48.5 Å². The van der Waals surface area contributed by atoms with Crippen LogP contribution in [-0.2, 0) is 65.5 Å². The fourth-order valence-corrected chi connectivity index (χ4v) is 9.33. The lowest BCUT2D eigenvalue weighted by atomic mass is 9.90. The highest BCUT2D eigenvalue weighted by Crippen LogP contribution is 2.28. The molecule has 0 saturated heterocycles. The van der Waals surface area contributed by atoms with Gasteiger partial charge in [0, 0.05) is 70.6 Å². The van der Waals surface area contributed by atoms with Crippen molar-refractivity contribution in [1.29, 1.82) is 0 Å². The first-order valence-corrected chi connectivity index (χ1v) is 29.5. The fraction of sp³-hybridized carbons (Fsp3) is 0.603. The summed E-state index contributed by atoms with van der Waals surface area (Å²) in [5, 5.41) is 8.67. The smallest absolute Gasteiger partial charge is 0.409 e. The van der Waals surface area contributed by atoms with Crippen LogP contribution in [0.3, 0.4) is 0 Å². The summed E-state index contributed by atoms with van der Waals surface area (Å²) in [7, 11) is 6.10. The molecule has 0 aliphatic carbocycles. The van der Waals surface area contributed by atoms with E-state index in [9.17, 15) is 43.2 Å². The second kappa shape index (κ2) is 34.1. The Morgan fingerprint density at radius 2 is 1.40 bits per heavy atom. The molecule has 3 rings (SSSR count). The van der Waals surface area contributed by atoms with Gasteiger partial charge in [0.1, 0.15) is 42.5 Å². The molecule has 1 heterocycles. The van der Waals surface area contributed by atoms with Crippen molar-refractivity contribution in [3.8, 4) is 0 Å². The number of rotatable bonds is 17. The van der Waals surface area contributed by atoms with Gasteiger partial charge < -0.3 is 54.5 Å². The van der Waals surface area contributed by atoms with E-state index in [2.05, 4.69) is 16.0 Å². The number of benzene rings is 2. The van der Waals surface area contributed by atoms with Crippen molar-refractivity contribution >= 4 is 65.3 Å². The lowest BCUT2D eigenvalue weighted by Gasteiger charge is -2.35. The zero-order valence-electron chi connectivity index (χ0n) is 52.4. The highest BCUT2D eigenvalue weighted by atomic mass is 35.5. The molecule has 0 aromatic heterocycles. The number of cyclic esters (lactones) is 2. The number of nitrogens with one attached hydrogen (secondary N) is 3. The summed E-state index contributed by atoms with van der Waals surface area (Å²) in [6.45, 7) is 20.8. The lowest BCUT2D eigenvalue weighted by molar-refractivity contribution is -0.160. The molecule has 20 nitrogen and oxygen atoms in total. The van der Waals surface area contributed by atoms with Gasteiger partial charge in [0.15, 0.2) is 6.10 Å². The summed E-state index contributed by atoms with van der Waals surface area (Å²) >= 11 is 6.18. The van der Waals surface area contributed by atoms with Crippen LogP contribution >= 0.6 is 11.6 Å². The summed E-state index contributed by atoms with van der Waals surface area (Å²) in [5.41, 5.74) is 1.63. The second-order valence-electron chi connectivity index (χ2n) is 23.3. The van der Waals surface area contributed by atoms with Gasteiger partial charge in [-0.3, -0.25) is 24.0 Å². The molecule has 7 amide bonds. The van der Waals surface area contributed by atoms with Crippen LogP contribution in [0.15, 0.2) is 71.8 Å². The quantitative estimate of drug-likeness (QED) is 0.0584. The Bertz CT molecular complexity index is 2620. The first kappa shape index (κ1) is 71.3. The minimum atomic E-state index is -1.69. The minimum absolute atomic E-state index is 0.00518. The van der Waals surface area contributed by atoms with Crippen LogP contribution < -0.4 is 16.0 Å². The SMILES string of the molecule is C/C=C(\C)[C@H]1OC(=O)C(C)(C)NC(=O)[C@H](C(C)CC)NC(=O)CN(C)C(=O)[C@@H](Cc2ccc(Cl)cc2)N(C)C(=O)[C@H](C)NC(=O)[C@@H](CC(C)C)OC(=O)/C(C)=C/C[C@H](OC(=O)N(C)CCCCCCN(C)C(=O)OCc2ccc(C)cc2)[C@@H]1C. The van der Waals surface area contributed by atoms with Gasteiger partial charge in [-0.1, -0.05) is 120 Å².